The molecule has 0 spiro atoms. The van der Waals surface area contributed by atoms with Gasteiger partial charge in [0.15, 0.2) is 5.69 Å². The van der Waals surface area contributed by atoms with Crippen molar-refractivity contribution in [2.75, 3.05) is 34.5 Å². The lowest BCUT2D eigenvalue weighted by Gasteiger charge is -2.39. The first-order chi connectivity index (χ1) is 18.1. The Morgan fingerprint density at radius 3 is 2.53 bits per heavy atom. The van der Waals surface area contributed by atoms with Gasteiger partial charge in [0.1, 0.15) is 23.9 Å². The summed E-state index contributed by atoms with van der Waals surface area (Å²) < 4.78 is 5.70. The molecule has 0 bridgehead atoms. The number of aliphatic hydroxyl groups excluding tert-OH is 1. The fourth-order valence-electron chi connectivity index (χ4n) is 4.78. The zero-order chi connectivity index (χ0) is 28.4. The molecule has 11 nitrogen and oxygen atoms in total. The lowest BCUT2D eigenvalue weighted by Crippen LogP contribution is -2.59. The molecule has 0 saturated carbocycles. The van der Waals surface area contributed by atoms with Crippen molar-refractivity contribution in [1.29, 1.82) is 0 Å². The van der Waals surface area contributed by atoms with E-state index in [0.717, 1.165) is 25.8 Å². The highest BCUT2D eigenvalue weighted by atomic mass is 32.1. The van der Waals surface area contributed by atoms with E-state index in [-0.39, 0.29) is 35.4 Å². The molecule has 1 aromatic heterocycles. The summed E-state index contributed by atoms with van der Waals surface area (Å²) in [5.74, 6) is -1.37. The van der Waals surface area contributed by atoms with E-state index in [1.54, 1.807) is 5.38 Å². The van der Waals surface area contributed by atoms with Crippen molar-refractivity contribution in [2.45, 2.75) is 84.0 Å². The van der Waals surface area contributed by atoms with E-state index < -0.39 is 30.9 Å². The Morgan fingerprint density at radius 1 is 1.26 bits per heavy atom. The molecular formula is C26H44N4O7S. The van der Waals surface area contributed by atoms with Gasteiger partial charge < -0.3 is 20.1 Å². The number of thiazole rings is 1. The number of hydrogen-bond acceptors (Lipinski definition) is 10. The number of aliphatic hydroxyl groups is 1. The van der Waals surface area contributed by atoms with Crippen molar-refractivity contribution in [3.8, 4) is 0 Å². The summed E-state index contributed by atoms with van der Waals surface area (Å²) >= 11 is 1.24. The maximum Gasteiger partial charge on any atom is 0.392 e. The van der Waals surface area contributed by atoms with Crippen molar-refractivity contribution in [3.63, 3.8) is 0 Å². The summed E-state index contributed by atoms with van der Waals surface area (Å²) in [4.78, 5) is 55.8. The van der Waals surface area contributed by atoms with E-state index in [4.69, 9.17) is 4.74 Å². The van der Waals surface area contributed by atoms with Gasteiger partial charge in [-0.15, -0.1) is 11.3 Å². The van der Waals surface area contributed by atoms with Crippen LogP contribution in [0.5, 0.6) is 0 Å². The van der Waals surface area contributed by atoms with Gasteiger partial charge in [0.25, 0.3) is 0 Å². The van der Waals surface area contributed by atoms with Gasteiger partial charge in [-0.2, -0.15) is 4.89 Å². The first kappa shape index (κ1) is 32.1. The Kier molecular flexibility index (Phi) is 13.1. The summed E-state index contributed by atoms with van der Waals surface area (Å²) in [6.45, 7) is 8.17. The van der Waals surface area contributed by atoms with Gasteiger partial charge in [-0.1, -0.05) is 40.5 Å². The molecule has 2 N–H and O–H groups in total. The standard InChI is InChI=1S/C26H44N4O7S/c1-8-17(4)22(28-23(32)19-11-9-10-12-29(19)5)25(33)30(15-31)20(16(2)3)13-21(35-6)24-27-18(14-38-24)26(34)37-36-7/h14,16-17,19-22,31H,8-13,15H2,1-7H3,(H,28,32)/t17?,19-,20-,21-,22+/m1/s1. The molecule has 1 aliphatic rings. The van der Waals surface area contributed by atoms with Gasteiger partial charge >= 0.3 is 5.97 Å². The Bertz CT molecular complexity index is 912. The number of carbonyl (C=O) groups excluding carboxylic acids is 3. The number of methoxy groups -OCH3 is 1. The molecule has 5 atom stereocenters. The normalized spacial score (nSPS) is 19.4. The predicted octanol–water partition coefficient (Wildman–Crippen LogP) is 2.76. The van der Waals surface area contributed by atoms with E-state index in [0.29, 0.717) is 17.8 Å². The fourth-order valence-corrected chi connectivity index (χ4v) is 5.66. The average Bonchev–Trinajstić information content (AvgIpc) is 3.39. The molecule has 0 aromatic carbocycles. The zero-order valence-corrected chi connectivity index (χ0v) is 24.5. The van der Waals surface area contributed by atoms with Gasteiger partial charge in [0, 0.05) is 25.0 Å². The number of carbonyl (C=O) groups is 3. The van der Waals surface area contributed by atoms with Crippen molar-refractivity contribution < 1.29 is 34.0 Å². The molecule has 38 heavy (non-hydrogen) atoms. The van der Waals surface area contributed by atoms with Crippen LogP contribution in [0.25, 0.3) is 0 Å². The van der Waals surface area contributed by atoms with Gasteiger partial charge in [-0.3, -0.25) is 19.4 Å². The Morgan fingerprint density at radius 2 is 1.97 bits per heavy atom. The zero-order valence-electron chi connectivity index (χ0n) is 23.6. The topological polar surface area (TPSA) is 131 Å². The molecule has 216 valence electrons. The first-order valence-electron chi connectivity index (χ1n) is 13.2. The number of likely N-dealkylation sites (N-methyl/N-ethyl adjacent to an activating group) is 1. The highest BCUT2D eigenvalue weighted by Crippen LogP contribution is 2.30. The number of aromatic nitrogens is 1. The van der Waals surface area contributed by atoms with Crippen LogP contribution in [0.2, 0.25) is 0 Å². The SMILES string of the molecule is CCC(C)[C@H](NC(=O)[C@H]1CCCCN1C)C(=O)N(CO)[C@H](C[C@@H](OC)c1nc(C(=O)OOC)cs1)C(C)C. The van der Waals surface area contributed by atoms with Crippen molar-refractivity contribution in [1.82, 2.24) is 20.1 Å². The van der Waals surface area contributed by atoms with Crippen LogP contribution in [-0.4, -0.2) is 90.3 Å². The Hall–Kier alpha value is -2.12. The van der Waals surface area contributed by atoms with Crippen molar-refractivity contribution in [3.05, 3.63) is 16.1 Å². The van der Waals surface area contributed by atoms with Crippen molar-refractivity contribution >= 4 is 29.1 Å². The third-order valence-corrected chi connectivity index (χ3v) is 8.30. The number of hydrogen-bond donors (Lipinski definition) is 2. The summed E-state index contributed by atoms with van der Waals surface area (Å²) in [6.07, 6.45) is 3.26. The third-order valence-electron chi connectivity index (χ3n) is 7.36. The minimum absolute atomic E-state index is 0.0422. The van der Waals surface area contributed by atoms with Crippen LogP contribution in [0, 0.1) is 11.8 Å². The van der Waals surface area contributed by atoms with Crippen LogP contribution in [0.4, 0.5) is 0 Å². The maximum absolute atomic E-state index is 13.9. The first-order valence-corrected chi connectivity index (χ1v) is 14.1. The molecule has 0 aliphatic carbocycles. The number of rotatable bonds is 14. The van der Waals surface area contributed by atoms with E-state index in [1.807, 2.05) is 39.6 Å². The summed E-state index contributed by atoms with van der Waals surface area (Å²) in [6, 6.07) is -1.46. The second-order valence-corrected chi connectivity index (χ2v) is 11.1. The highest BCUT2D eigenvalue weighted by Gasteiger charge is 2.38. The summed E-state index contributed by atoms with van der Waals surface area (Å²) in [5, 5.41) is 15.5. The van der Waals surface area contributed by atoms with Crippen LogP contribution in [-0.2, 0) is 24.1 Å². The second kappa shape index (κ2) is 15.5. The average molecular weight is 557 g/mol. The molecule has 2 amide bonds. The quantitative estimate of drug-likeness (QED) is 0.202. The largest absolute Gasteiger partial charge is 0.392 e. The van der Waals surface area contributed by atoms with E-state index in [2.05, 4.69) is 20.1 Å². The molecule has 12 heteroatoms. The Balaban J connectivity index is 2.26. The molecule has 2 heterocycles. The summed E-state index contributed by atoms with van der Waals surface area (Å²) in [5.41, 5.74) is 0.0947. The molecular weight excluding hydrogens is 512 g/mol. The molecule has 1 saturated heterocycles. The van der Waals surface area contributed by atoms with Gasteiger partial charge in [-0.05, 0) is 38.3 Å². The van der Waals surface area contributed by atoms with Gasteiger partial charge in [0.2, 0.25) is 11.8 Å². The number of amides is 2. The molecule has 1 aliphatic heterocycles. The molecule has 2 rings (SSSR count). The molecule has 1 fully saturated rings. The van der Waals surface area contributed by atoms with Crippen LogP contribution in [0.1, 0.15) is 81.4 Å². The lowest BCUT2D eigenvalue weighted by atomic mass is 9.92. The smallest absolute Gasteiger partial charge is 0.376 e. The van der Waals surface area contributed by atoms with E-state index >= 15 is 0 Å². The van der Waals surface area contributed by atoms with E-state index in [1.165, 1.54) is 30.5 Å². The third kappa shape index (κ3) is 8.19. The second-order valence-electron chi connectivity index (χ2n) is 10.2. The minimum Gasteiger partial charge on any atom is -0.376 e. The number of nitrogens with zero attached hydrogens (tertiary/aromatic N) is 3. The number of piperidine rings is 1. The predicted molar refractivity (Wildman–Crippen MR) is 143 cm³/mol. The van der Waals surface area contributed by atoms with Crippen LogP contribution >= 0.6 is 11.3 Å². The van der Waals surface area contributed by atoms with E-state index in [9.17, 15) is 19.5 Å². The monoisotopic (exact) mass is 556 g/mol. The number of likely N-dealkylation sites (tertiary alicyclic amines) is 1. The molecule has 1 unspecified atom stereocenters. The number of nitrogens with one attached hydrogen (secondary N) is 1. The fraction of sp³-hybridized carbons (Fsp3) is 0.769. The minimum atomic E-state index is -0.771. The Labute approximate surface area is 229 Å². The van der Waals surface area contributed by atoms with Crippen LogP contribution in [0.15, 0.2) is 5.38 Å². The van der Waals surface area contributed by atoms with Crippen molar-refractivity contribution in [2.24, 2.45) is 11.8 Å². The van der Waals surface area contributed by atoms with Gasteiger partial charge in [-0.25, -0.2) is 9.78 Å². The molecule has 1 aromatic rings. The van der Waals surface area contributed by atoms with Crippen LogP contribution in [0.3, 0.4) is 0 Å². The maximum atomic E-state index is 13.9. The number of ether oxygens (including phenoxy) is 1. The molecule has 0 radical (unpaired) electrons. The van der Waals surface area contributed by atoms with Crippen LogP contribution < -0.4 is 5.32 Å². The van der Waals surface area contributed by atoms with Gasteiger partial charge in [0.05, 0.1) is 13.2 Å². The highest BCUT2D eigenvalue weighted by molar-refractivity contribution is 7.09. The summed E-state index contributed by atoms with van der Waals surface area (Å²) in [7, 11) is 4.70. The lowest BCUT2D eigenvalue weighted by molar-refractivity contribution is -0.216.